The lowest BCUT2D eigenvalue weighted by Gasteiger charge is -2.24. The summed E-state index contributed by atoms with van der Waals surface area (Å²) in [5.41, 5.74) is 0. The average molecular weight is 283 g/mol. The first-order valence-electron chi connectivity index (χ1n) is 8.37. The SMILES string of the molecule is CCNC(=NCCOCC)N1CCC(C(CC)CC)C1. The molecule has 0 aromatic carbocycles. The molecule has 1 saturated heterocycles. The van der Waals surface area contributed by atoms with E-state index in [0.717, 1.165) is 57.2 Å². The van der Waals surface area contributed by atoms with Gasteiger partial charge >= 0.3 is 0 Å². The molecule has 0 radical (unpaired) electrons. The Morgan fingerprint density at radius 3 is 2.65 bits per heavy atom. The summed E-state index contributed by atoms with van der Waals surface area (Å²) >= 11 is 0. The molecular weight excluding hydrogens is 250 g/mol. The van der Waals surface area contributed by atoms with Gasteiger partial charge in [0, 0.05) is 26.2 Å². The Morgan fingerprint density at radius 1 is 1.30 bits per heavy atom. The number of aliphatic imine (C=N–C) groups is 1. The first-order chi connectivity index (χ1) is 9.76. The number of ether oxygens (including phenoxy) is 1. The van der Waals surface area contributed by atoms with Crippen LogP contribution in [0, 0.1) is 11.8 Å². The van der Waals surface area contributed by atoms with E-state index in [9.17, 15) is 0 Å². The molecule has 1 aliphatic heterocycles. The molecule has 1 unspecified atom stereocenters. The molecular formula is C16H33N3O. The number of hydrogen-bond donors (Lipinski definition) is 1. The van der Waals surface area contributed by atoms with Crippen molar-refractivity contribution in [2.75, 3.05) is 39.4 Å². The molecule has 0 aromatic heterocycles. The lowest BCUT2D eigenvalue weighted by molar-refractivity contribution is 0.155. The number of rotatable bonds is 8. The van der Waals surface area contributed by atoms with E-state index < -0.39 is 0 Å². The van der Waals surface area contributed by atoms with Crippen LogP contribution in [0.15, 0.2) is 4.99 Å². The third-order valence-electron chi connectivity index (χ3n) is 4.28. The highest BCUT2D eigenvalue weighted by molar-refractivity contribution is 5.80. The number of nitrogens with zero attached hydrogens (tertiary/aromatic N) is 2. The quantitative estimate of drug-likeness (QED) is 0.423. The minimum absolute atomic E-state index is 0.717. The summed E-state index contributed by atoms with van der Waals surface area (Å²) in [7, 11) is 0. The Labute approximate surface area is 125 Å². The third-order valence-corrected chi connectivity index (χ3v) is 4.28. The van der Waals surface area contributed by atoms with Crippen LogP contribution in [0.3, 0.4) is 0 Å². The normalized spacial score (nSPS) is 19.9. The van der Waals surface area contributed by atoms with Crippen molar-refractivity contribution < 1.29 is 4.74 Å². The minimum atomic E-state index is 0.717. The maximum atomic E-state index is 5.37. The zero-order chi connectivity index (χ0) is 14.8. The van der Waals surface area contributed by atoms with Gasteiger partial charge in [0.2, 0.25) is 0 Å². The predicted octanol–water partition coefficient (Wildman–Crippen LogP) is 2.75. The van der Waals surface area contributed by atoms with Crippen LogP contribution in [0.5, 0.6) is 0 Å². The van der Waals surface area contributed by atoms with Gasteiger partial charge in [-0.1, -0.05) is 26.7 Å². The largest absolute Gasteiger partial charge is 0.380 e. The number of hydrogen-bond acceptors (Lipinski definition) is 2. The van der Waals surface area contributed by atoms with Gasteiger partial charge in [-0.2, -0.15) is 0 Å². The highest BCUT2D eigenvalue weighted by atomic mass is 16.5. The lowest BCUT2D eigenvalue weighted by atomic mass is 9.87. The van der Waals surface area contributed by atoms with E-state index in [1.54, 1.807) is 0 Å². The van der Waals surface area contributed by atoms with Crippen molar-refractivity contribution in [2.45, 2.75) is 47.0 Å². The molecule has 0 spiro atoms. The van der Waals surface area contributed by atoms with Gasteiger partial charge in [-0.3, -0.25) is 4.99 Å². The summed E-state index contributed by atoms with van der Waals surface area (Å²) in [6.45, 7) is 14.3. The summed E-state index contributed by atoms with van der Waals surface area (Å²) in [5.74, 6) is 2.77. The fourth-order valence-corrected chi connectivity index (χ4v) is 3.11. The molecule has 0 saturated carbocycles. The Morgan fingerprint density at radius 2 is 2.05 bits per heavy atom. The Balaban J connectivity index is 2.51. The summed E-state index contributed by atoms with van der Waals surface area (Å²) in [6.07, 6.45) is 3.91. The second-order valence-electron chi connectivity index (χ2n) is 5.50. The number of likely N-dealkylation sites (tertiary alicyclic amines) is 1. The zero-order valence-electron chi connectivity index (χ0n) is 13.8. The van der Waals surface area contributed by atoms with E-state index in [1.165, 1.54) is 19.3 Å². The zero-order valence-corrected chi connectivity index (χ0v) is 13.8. The molecule has 0 bridgehead atoms. The lowest BCUT2D eigenvalue weighted by Crippen LogP contribution is -2.40. The van der Waals surface area contributed by atoms with Gasteiger partial charge in [0.15, 0.2) is 5.96 Å². The Bertz CT molecular complexity index is 277. The van der Waals surface area contributed by atoms with E-state index in [4.69, 9.17) is 4.74 Å². The summed E-state index contributed by atoms with van der Waals surface area (Å²) in [5, 5.41) is 3.42. The molecule has 1 N–H and O–H groups in total. The van der Waals surface area contributed by atoms with Crippen LogP contribution < -0.4 is 5.32 Å². The second-order valence-corrected chi connectivity index (χ2v) is 5.50. The van der Waals surface area contributed by atoms with Crippen molar-refractivity contribution in [2.24, 2.45) is 16.8 Å². The smallest absolute Gasteiger partial charge is 0.194 e. The molecule has 4 heteroatoms. The fraction of sp³-hybridized carbons (Fsp3) is 0.938. The van der Waals surface area contributed by atoms with Crippen molar-refractivity contribution in [1.82, 2.24) is 10.2 Å². The minimum Gasteiger partial charge on any atom is -0.380 e. The van der Waals surface area contributed by atoms with Crippen molar-refractivity contribution in [1.29, 1.82) is 0 Å². The van der Waals surface area contributed by atoms with Crippen LogP contribution in [-0.2, 0) is 4.74 Å². The van der Waals surface area contributed by atoms with Gasteiger partial charge < -0.3 is 15.0 Å². The van der Waals surface area contributed by atoms with Gasteiger partial charge in [0.1, 0.15) is 0 Å². The van der Waals surface area contributed by atoms with Crippen molar-refractivity contribution in [3.63, 3.8) is 0 Å². The molecule has 0 aliphatic carbocycles. The fourth-order valence-electron chi connectivity index (χ4n) is 3.11. The highest BCUT2D eigenvalue weighted by Crippen LogP contribution is 2.28. The van der Waals surface area contributed by atoms with E-state index in [1.807, 2.05) is 6.92 Å². The van der Waals surface area contributed by atoms with Crippen LogP contribution in [0.25, 0.3) is 0 Å². The van der Waals surface area contributed by atoms with Gasteiger partial charge in [-0.05, 0) is 32.1 Å². The molecule has 4 nitrogen and oxygen atoms in total. The van der Waals surface area contributed by atoms with Gasteiger partial charge in [-0.25, -0.2) is 0 Å². The van der Waals surface area contributed by atoms with Gasteiger partial charge in [0.05, 0.1) is 13.2 Å². The second kappa shape index (κ2) is 10.0. The van der Waals surface area contributed by atoms with Crippen LogP contribution >= 0.6 is 0 Å². The first kappa shape index (κ1) is 17.3. The molecule has 1 atom stereocenters. The maximum absolute atomic E-state index is 5.37. The molecule has 0 amide bonds. The molecule has 0 aromatic rings. The van der Waals surface area contributed by atoms with Crippen LogP contribution in [0.1, 0.15) is 47.0 Å². The van der Waals surface area contributed by atoms with Crippen molar-refractivity contribution in [3.05, 3.63) is 0 Å². The average Bonchev–Trinajstić information content (AvgIpc) is 2.93. The van der Waals surface area contributed by atoms with E-state index in [0.29, 0.717) is 0 Å². The molecule has 118 valence electrons. The van der Waals surface area contributed by atoms with Crippen molar-refractivity contribution in [3.8, 4) is 0 Å². The van der Waals surface area contributed by atoms with Gasteiger partial charge in [-0.15, -0.1) is 0 Å². The van der Waals surface area contributed by atoms with E-state index >= 15 is 0 Å². The van der Waals surface area contributed by atoms with Crippen molar-refractivity contribution >= 4 is 5.96 Å². The van der Waals surface area contributed by atoms with E-state index in [-0.39, 0.29) is 0 Å². The summed E-state index contributed by atoms with van der Waals surface area (Å²) < 4.78 is 5.37. The number of nitrogens with one attached hydrogen (secondary N) is 1. The standard InChI is InChI=1S/C16H33N3O/c1-5-14(6-2)15-9-11-19(13-15)16(17-7-3)18-10-12-20-8-4/h14-15H,5-13H2,1-4H3,(H,17,18). The Hall–Kier alpha value is -0.770. The first-order valence-corrected chi connectivity index (χ1v) is 8.37. The topological polar surface area (TPSA) is 36.9 Å². The molecule has 1 aliphatic rings. The third kappa shape index (κ3) is 5.31. The van der Waals surface area contributed by atoms with Crippen LogP contribution in [-0.4, -0.2) is 50.3 Å². The molecule has 1 rings (SSSR count). The molecule has 20 heavy (non-hydrogen) atoms. The predicted molar refractivity (Wildman–Crippen MR) is 86.2 cm³/mol. The van der Waals surface area contributed by atoms with Crippen LogP contribution in [0.2, 0.25) is 0 Å². The van der Waals surface area contributed by atoms with E-state index in [2.05, 4.69) is 36.0 Å². The number of guanidine groups is 1. The maximum Gasteiger partial charge on any atom is 0.194 e. The molecule has 1 heterocycles. The summed E-state index contributed by atoms with van der Waals surface area (Å²) in [4.78, 5) is 7.11. The van der Waals surface area contributed by atoms with Crippen LogP contribution in [0.4, 0.5) is 0 Å². The Kier molecular flexibility index (Phi) is 8.67. The highest BCUT2D eigenvalue weighted by Gasteiger charge is 2.29. The summed E-state index contributed by atoms with van der Waals surface area (Å²) in [6, 6.07) is 0. The van der Waals surface area contributed by atoms with Gasteiger partial charge in [0.25, 0.3) is 0 Å². The monoisotopic (exact) mass is 283 g/mol. The molecule has 1 fully saturated rings.